The highest BCUT2D eigenvalue weighted by molar-refractivity contribution is 9.10. The molecule has 1 rings (SSSR count). The Morgan fingerprint density at radius 2 is 2.12 bits per heavy atom. The molecule has 0 saturated carbocycles. The van der Waals surface area contributed by atoms with Crippen molar-refractivity contribution in [3.63, 3.8) is 0 Å². The summed E-state index contributed by atoms with van der Waals surface area (Å²) in [6.07, 6.45) is 0. The molecule has 3 nitrogen and oxygen atoms in total. The molecule has 0 fully saturated rings. The lowest BCUT2D eigenvalue weighted by Gasteiger charge is -2.12. The standard InChI is InChI=1S/C10H11BrCl2N2O/c1-5(4-14)10(16)15-7-3-2-6(11)8(12)9(7)13/h2-3,5H,4,14H2,1H3,(H,15,16). The highest BCUT2D eigenvalue weighted by Gasteiger charge is 2.14. The van der Waals surface area contributed by atoms with Gasteiger partial charge in [0.05, 0.1) is 15.7 Å². The Bertz CT molecular complexity index is 412. The van der Waals surface area contributed by atoms with Gasteiger partial charge >= 0.3 is 0 Å². The van der Waals surface area contributed by atoms with Crippen molar-refractivity contribution in [3.05, 3.63) is 26.7 Å². The van der Waals surface area contributed by atoms with E-state index in [-0.39, 0.29) is 18.4 Å². The van der Waals surface area contributed by atoms with Crippen molar-refractivity contribution < 1.29 is 4.79 Å². The minimum atomic E-state index is -0.265. The molecule has 1 aromatic rings. The second kappa shape index (κ2) is 5.87. The van der Waals surface area contributed by atoms with E-state index in [9.17, 15) is 4.79 Å². The lowest BCUT2D eigenvalue weighted by atomic mass is 10.1. The highest BCUT2D eigenvalue weighted by Crippen LogP contribution is 2.35. The van der Waals surface area contributed by atoms with E-state index >= 15 is 0 Å². The van der Waals surface area contributed by atoms with E-state index in [2.05, 4.69) is 21.2 Å². The Labute approximate surface area is 112 Å². The van der Waals surface area contributed by atoms with Gasteiger partial charge in [-0.1, -0.05) is 30.1 Å². The summed E-state index contributed by atoms with van der Waals surface area (Å²) in [5, 5.41) is 3.36. The minimum absolute atomic E-state index is 0.178. The first-order valence-corrected chi connectivity index (χ1v) is 6.16. The lowest BCUT2D eigenvalue weighted by molar-refractivity contribution is -0.119. The number of benzene rings is 1. The van der Waals surface area contributed by atoms with E-state index in [1.54, 1.807) is 19.1 Å². The molecule has 0 aliphatic carbocycles. The summed E-state index contributed by atoms with van der Waals surface area (Å²) < 4.78 is 0.684. The van der Waals surface area contributed by atoms with Gasteiger partial charge in [-0.05, 0) is 28.1 Å². The molecular formula is C10H11BrCl2N2O. The molecule has 0 aliphatic heterocycles. The molecule has 0 heterocycles. The third-order valence-electron chi connectivity index (χ3n) is 2.09. The Morgan fingerprint density at radius 3 is 2.69 bits per heavy atom. The molecule has 1 amide bonds. The van der Waals surface area contributed by atoms with Crippen LogP contribution in [0.1, 0.15) is 6.92 Å². The number of hydrogen-bond acceptors (Lipinski definition) is 2. The molecule has 0 aromatic heterocycles. The normalized spacial score (nSPS) is 12.3. The summed E-state index contributed by atoms with van der Waals surface area (Å²) in [7, 11) is 0. The van der Waals surface area contributed by atoms with Gasteiger partial charge in [0.2, 0.25) is 5.91 Å². The van der Waals surface area contributed by atoms with Gasteiger partial charge in [0.1, 0.15) is 0 Å². The fourth-order valence-corrected chi connectivity index (χ4v) is 1.81. The van der Waals surface area contributed by atoms with Crippen LogP contribution in [0.15, 0.2) is 16.6 Å². The first-order chi connectivity index (χ1) is 7.47. The summed E-state index contributed by atoms with van der Waals surface area (Å²) in [6.45, 7) is 2.03. The SMILES string of the molecule is CC(CN)C(=O)Nc1ccc(Br)c(Cl)c1Cl. The van der Waals surface area contributed by atoms with Crippen LogP contribution in [-0.2, 0) is 4.79 Å². The molecule has 1 atom stereocenters. The lowest BCUT2D eigenvalue weighted by Crippen LogP contribution is -2.26. The van der Waals surface area contributed by atoms with Gasteiger partial charge in [-0.3, -0.25) is 4.79 Å². The maximum atomic E-state index is 11.6. The van der Waals surface area contributed by atoms with Crippen molar-refractivity contribution in [1.82, 2.24) is 0 Å². The fraction of sp³-hybridized carbons (Fsp3) is 0.300. The van der Waals surface area contributed by atoms with Crippen LogP contribution in [0.2, 0.25) is 10.0 Å². The topological polar surface area (TPSA) is 55.1 Å². The minimum Gasteiger partial charge on any atom is -0.330 e. The summed E-state index contributed by atoms with van der Waals surface area (Å²) in [6, 6.07) is 3.40. The van der Waals surface area contributed by atoms with Crippen LogP contribution in [0, 0.1) is 5.92 Å². The summed E-state index contributed by atoms with van der Waals surface area (Å²) in [5.41, 5.74) is 5.88. The molecule has 1 unspecified atom stereocenters. The van der Waals surface area contributed by atoms with E-state index in [0.29, 0.717) is 20.2 Å². The van der Waals surface area contributed by atoms with E-state index < -0.39 is 0 Å². The van der Waals surface area contributed by atoms with Gasteiger partial charge in [0.15, 0.2) is 0 Å². The number of halogens is 3. The molecule has 0 bridgehead atoms. The van der Waals surface area contributed by atoms with Crippen LogP contribution < -0.4 is 11.1 Å². The smallest absolute Gasteiger partial charge is 0.228 e. The number of anilines is 1. The molecule has 16 heavy (non-hydrogen) atoms. The Hall–Kier alpha value is -0.290. The van der Waals surface area contributed by atoms with Gasteiger partial charge in [-0.2, -0.15) is 0 Å². The largest absolute Gasteiger partial charge is 0.330 e. The van der Waals surface area contributed by atoms with Crippen LogP contribution in [0.4, 0.5) is 5.69 Å². The number of nitrogens with two attached hydrogens (primary N) is 1. The van der Waals surface area contributed by atoms with Gasteiger partial charge in [-0.25, -0.2) is 0 Å². The second-order valence-electron chi connectivity index (χ2n) is 3.35. The fourth-order valence-electron chi connectivity index (χ4n) is 0.985. The quantitative estimate of drug-likeness (QED) is 0.838. The van der Waals surface area contributed by atoms with Crippen LogP contribution in [-0.4, -0.2) is 12.5 Å². The zero-order valence-electron chi connectivity index (χ0n) is 8.56. The Balaban J connectivity index is 2.91. The monoisotopic (exact) mass is 324 g/mol. The molecule has 6 heteroatoms. The number of amides is 1. The van der Waals surface area contributed by atoms with Gasteiger partial charge in [-0.15, -0.1) is 0 Å². The summed E-state index contributed by atoms with van der Waals surface area (Å²) >= 11 is 15.1. The van der Waals surface area contributed by atoms with E-state index in [1.807, 2.05) is 0 Å². The zero-order chi connectivity index (χ0) is 12.3. The average Bonchev–Trinajstić information content (AvgIpc) is 2.28. The molecule has 0 spiro atoms. The molecule has 1 aromatic carbocycles. The molecule has 0 saturated heterocycles. The third kappa shape index (κ3) is 3.10. The van der Waals surface area contributed by atoms with E-state index in [4.69, 9.17) is 28.9 Å². The molecule has 0 aliphatic rings. The average molecular weight is 326 g/mol. The number of carbonyl (C=O) groups excluding carboxylic acids is 1. The van der Waals surface area contributed by atoms with Crippen molar-refractivity contribution in [2.75, 3.05) is 11.9 Å². The van der Waals surface area contributed by atoms with Gasteiger partial charge in [0.25, 0.3) is 0 Å². The van der Waals surface area contributed by atoms with Crippen molar-refractivity contribution in [2.45, 2.75) is 6.92 Å². The molecule has 3 N–H and O–H groups in total. The third-order valence-corrected chi connectivity index (χ3v) is 3.87. The maximum Gasteiger partial charge on any atom is 0.228 e. The van der Waals surface area contributed by atoms with Crippen LogP contribution in [0.25, 0.3) is 0 Å². The first kappa shape index (κ1) is 13.8. The number of nitrogens with one attached hydrogen (secondary N) is 1. The van der Waals surface area contributed by atoms with Crippen LogP contribution >= 0.6 is 39.1 Å². The van der Waals surface area contributed by atoms with Crippen LogP contribution in [0.5, 0.6) is 0 Å². The predicted octanol–water partition coefficient (Wildman–Crippen LogP) is 3.29. The zero-order valence-corrected chi connectivity index (χ0v) is 11.7. The molecule has 0 radical (unpaired) electrons. The van der Waals surface area contributed by atoms with Gasteiger partial charge < -0.3 is 11.1 Å². The number of carbonyl (C=O) groups is 1. The Kier molecular flexibility index (Phi) is 5.05. The second-order valence-corrected chi connectivity index (χ2v) is 4.96. The van der Waals surface area contributed by atoms with Crippen molar-refractivity contribution >= 4 is 50.7 Å². The van der Waals surface area contributed by atoms with E-state index in [0.717, 1.165) is 0 Å². The predicted molar refractivity (Wildman–Crippen MR) is 71.0 cm³/mol. The maximum absolute atomic E-state index is 11.6. The highest BCUT2D eigenvalue weighted by atomic mass is 79.9. The summed E-state index contributed by atoms with van der Waals surface area (Å²) in [4.78, 5) is 11.6. The first-order valence-electron chi connectivity index (χ1n) is 4.61. The van der Waals surface area contributed by atoms with Crippen LogP contribution in [0.3, 0.4) is 0 Å². The van der Waals surface area contributed by atoms with Crippen molar-refractivity contribution in [1.29, 1.82) is 0 Å². The van der Waals surface area contributed by atoms with Crippen molar-refractivity contribution in [2.24, 2.45) is 11.7 Å². The summed E-state index contributed by atoms with van der Waals surface area (Å²) in [5.74, 6) is -0.443. The Morgan fingerprint density at radius 1 is 1.50 bits per heavy atom. The molecule has 88 valence electrons. The number of rotatable bonds is 3. The molecular weight excluding hydrogens is 315 g/mol. The van der Waals surface area contributed by atoms with E-state index in [1.165, 1.54) is 0 Å². The van der Waals surface area contributed by atoms with Gasteiger partial charge in [0, 0.05) is 16.9 Å². The number of hydrogen-bond donors (Lipinski definition) is 2. The van der Waals surface area contributed by atoms with Crippen molar-refractivity contribution in [3.8, 4) is 0 Å².